The monoisotopic (exact) mass is 353 g/mol. The number of carbonyl (C=O) groups excluding carboxylic acids is 1. The second-order valence-electron chi connectivity index (χ2n) is 6.20. The Morgan fingerprint density at radius 2 is 1.81 bits per heavy atom. The molecule has 5 nitrogen and oxygen atoms in total. The Morgan fingerprint density at radius 1 is 1.08 bits per heavy atom. The van der Waals surface area contributed by atoms with Gasteiger partial charge in [0.15, 0.2) is 5.43 Å². The summed E-state index contributed by atoms with van der Waals surface area (Å²) in [7, 11) is 0. The normalized spacial score (nSPS) is 16.3. The van der Waals surface area contributed by atoms with Gasteiger partial charge in [-0.3, -0.25) is 9.59 Å². The van der Waals surface area contributed by atoms with E-state index in [1.165, 1.54) is 17.0 Å². The smallest absolute Gasteiger partial charge is 0.290 e. The van der Waals surface area contributed by atoms with Crippen molar-refractivity contribution in [3.8, 4) is 0 Å². The molecule has 3 aromatic rings. The van der Waals surface area contributed by atoms with Crippen molar-refractivity contribution in [3.63, 3.8) is 0 Å². The van der Waals surface area contributed by atoms with Crippen molar-refractivity contribution < 1.29 is 18.7 Å². The third-order valence-corrected chi connectivity index (χ3v) is 4.62. The molecule has 1 aliphatic rings. The number of nitrogens with zero attached hydrogens (tertiary/aromatic N) is 1. The number of aliphatic hydroxyl groups excluding tert-OH is 1. The van der Waals surface area contributed by atoms with Crippen molar-refractivity contribution >= 4 is 16.9 Å². The number of amides is 1. The molecule has 0 saturated carbocycles. The first-order valence-electron chi connectivity index (χ1n) is 8.35. The van der Waals surface area contributed by atoms with E-state index in [2.05, 4.69) is 0 Å². The van der Waals surface area contributed by atoms with Gasteiger partial charge in [0.2, 0.25) is 5.76 Å². The quantitative estimate of drug-likeness (QED) is 0.783. The van der Waals surface area contributed by atoms with Crippen molar-refractivity contribution in [3.05, 3.63) is 81.5 Å². The highest BCUT2D eigenvalue weighted by Gasteiger charge is 2.42. The molecule has 26 heavy (non-hydrogen) atoms. The SMILES string of the molecule is O=C1c2oc3ccccc3c(=O)c2[C@@H](c2ccc(F)cc2)N1CCCO. The Kier molecular flexibility index (Phi) is 4.05. The molecule has 0 fully saturated rings. The van der Waals surface area contributed by atoms with Crippen LogP contribution in [0.25, 0.3) is 11.0 Å². The number of carbonyl (C=O) groups is 1. The van der Waals surface area contributed by atoms with E-state index < -0.39 is 17.8 Å². The third kappa shape index (κ3) is 2.50. The van der Waals surface area contributed by atoms with Crippen LogP contribution in [0.2, 0.25) is 0 Å². The molecule has 0 saturated heterocycles. The van der Waals surface area contributed by atoms with Crippen LogP contribution in [0.1, 0.15) is 34.1 Å². The van der Waals surface area contributed by atoms with Gasteiger partial charge in [-0.05, 0) is 36.2 Å². The van der Waals surface area contributed by atoms with Crippen molar-refractivity contribution in [1.29, 1.82) is 0 Å². The van der Waals surface area contributed by atoms with Gasteiger partial charge in [0.1, 0.15) is 11.4 Å². The fourth-order valence-electron chi connectivity index (χ4n) is 3.43. The number of fused-ring (bicyclic) bond motifs is 2. The summed E-state index contributed by atoms with van der Waals surface area (Å²) in [5, 5.41) is 9.56. The second-order valence-corrected chi connectivity index (χ2v) is 6.20. The number of hydrogen-bond donors (Lipinski definition) is 1. The number of aliphatic hydroxyl groups is 1. The van der Waals surface area contributed by atoms with Crippen LogP contribution in [0.5, 0.6) is 0 Å². The lowest BCUT2D eigenvalue weighted by atomic mass is 9.98. The van der Waals surface area contributed by atoms with E-state index in [0.29, 0.717) is 23.0 Å². The highest BCUT2D eigenvalue weighted by Crippen LogP contribution is 2.38. The molecule has 0 radical (unpaired) electrons. The number of para-hydroxylation sites is 1. The lowest BCUT2D eigenvalue weighted by Gasteiger charge is -2.24. The molecule has 1 N–H and O–H groups in total. The summed E-state index contributed by atoms with van der Waals surface area (Å²) >= 11 is 0. The van der Waals surface area contributed by atoms with Crippen molar-refractivity contribution in [1.82, 2.24) is 4.90 Å². The van der Waals surface area contributed by atoms with Crippen LogP contribution in [-0.4, -0.2) is 29.1 Å². The van der Waals surface area contributed by atoms with Crippen LogP contribution < -0.4 is 5.43 Å². The van der Waals surface area contributed by atoms with Crippen LogP contribution in [-0.2, 0) is 0 Å². The summed E-state index contributed by atoms with van der Waals surface area (Å²) in [4.78, 5) is 27.5. The van der Waals surface area contributed by atoms with Crippen LogP contribution >= 0.6 is 0 Å². The van der Waals surface area contributed by atoms with Gasteiger partial charge in [-0.15, -0.1) is 0 Å². The molecular weight excluding hydrogens is 337 g/mol. The summed E-state index contributed by atoms with van der Waals surface area (Å²) in [6.45, 7) is 0.178. The van der Waals surface area contributed by atoms with Crippen LogP contribution in [0.15, 0.2) is 57.7 Å². The minimum absolute atomic E-state index is 0.0148. The number of rotatable bonds is 4. The molecule has 6 heteroatoms. The predicted molar refractivity (Wildman–Crippen MR) is 93.5 cm³/mol. The highest BCUT2D eigenvalue weighted by molar-refractivity contribution is 5.99. The van der Waals surface area contributed by atoms with E-state index in [1.807, 2.05) is 0 Å². The van der Waals surface area contributed by atoms with Crippen LogP contribution in [0.4, 0.5) is 4.39 Å². The summed E-state index contributed by atoms with van der Waals surface area (Å²) in [5.74, 6) is -0.780. The lowest BCUT2D eigenvalue weighted by Crippen LogP contribution is -2.31. The summed E-state index contributed by atoms with van der Waals surface area (Å²) in [6, 6.07) is 11.8. The summed E-state index contributed by atoms with van der Waals surface area (Å²) in [5.41, 5.74) is 0.972. The molecule has 4 rings (SSSR count). The predicted octanol–water partition coefficient (Wildman–Crippen LogP) is 2.86. The maximum Gasteiger partial charge on any atom is 0.290 e. The zero-order valence-corrected chi connectivity index (χ0v) is 13.8. The van der Waals surface area contributed by atoms with Crippen molar-refractivity contribution in [2.45, 2.75) is 12.5 Å². The fourth-order valence-corrected chi connectivity index (χ4v) is 3.43. The van der Waals surface area contributed by atoms with Crippen LogP contribution in [0, 0.1) is 5.82 Å². The van der Waals surface area contributed by atoms with Crippen LogP contribution in [0.3, 0.4) is 0 Å². The minimum Gasteiger partial charge on any atom is -0.450 e. The molecule has 1 atom stereocenters. The molecule has 2 heterocycles. The molecule has 132 valence electrons. The second kappa shape index (κ2) is 6.38. The molecular formula is C20H16FNO4. The minimum atomic E-state index is -0.662. The first-order chi connectivity index (χ1) is 12.6. The van der Waals surface area contributed by atoms with E-state index in [0.717, 1.165) is 0 Å². The molecule has 1 aromatic heterocycles. The molecule has 2 aromatic carbocycles. The van der Waals surface area contributed by atoms with Gasteiger partial charge < -0.3 is 14.4 Å². The van der Waals surface area contributed by atoms with E-state index >= 15 is 0 Å². The van der Waals surface area contributed by atoms with Gasteiger partial charge in [-0.1, -0.05) is 24.3 Å². The lowest BCUT2D eigenvalue weighted by molar-refractivity contribution is 0.0716. The van der Waals surface area contributed by atoms with Gasteiger partial charge in [0.25, 0.3) is 5.91 Å². The van der Waals surface area contributed by atoms with E-state index in [9.17, 15) is 14.0 Å². The van der Waals surface area contributed by atoms with Gasteiger partial charge in [0.05, 0.1) is 17.0 Å². The highest BCUT2D eigenvalue weighted by atomic mass is 19.1. The third-order valence-electron chi connectivity index (χ3n) is 4.62. The topological polar surface area (TPSA) is 70.8 Å². The molecule has 0 unspecified atom stereocenters. The Labute approximate surface area is 148 Å². The average Bonchev–Trinajstić information content (AvgIpc) is 2.93. The molecule has 1 aliphatic heterocycles. The Hall–Kier alpha value is -2.99. The summed E-state index contributed by atoms with van der Waals surface area (Å²) in [6.07, 6.45) is 0.366. The molecule has 0 spiro atoms. The molecule has 0 aliphatic carbocycles. The van der Waals surface area contributed by atoms with Crippen molar-refractivity contribution in [2.24, 2.45) is 0 Å². The first-order valence-corrected chi connectivity index (χ1v) is 8.35. The standard InChI is InChI=1S/C20H16FNO4/c21-13-8-6-12(7-9-13)17-16-18(24)14-4-1-2-5-15(14)26-19(16)20(25)22(17)10-3-11-23/h1-2,4-9,17,23H,3,10-11H2/t17-/m1/s1. The van der Waals surface area contributed by atoms with Gasteiger partial charge in [-0.25, -0.2) is 4.39 Å². The Balaban J connectivity index is 1.96. The Bertz CT molecular complexity index is 1040. The van der Waals surface area contributed by atoms with Gasteiger partial charge in [0, 0.05) is 13.2 Å². The number of hydrogen-bond acceptors (Lipinski definition) is 4. The molecule has 1 amide bonds. The number of halogens is 1. The Morgan fingerprint density at radius 3 is 2.54 bits per heavy atom. The van der Waals surface area contributed by atoms with E-state index in [1.54, 1.807) is 36.4 Å². The zero-order chi connectivity index (χ0) is 18.3. The molecule has 0 bridgehead atoms. The maximum absolute atomic E-state index is 13.3. The number of benzene rings is 2. The maximum atomic E-state index is 13.3. The largest absolute Gasteiger partial charge is 0.450 e. The summed E-state index contributed by atoms with van der Waals surface area (Å²) < 4.78 is 19.1. The van der Waals surface area contributed by atoms with E-state index in [4.69, 9.17) is 9.52 Å². The van der Waals surface area contributed by atoms with Gasteiger partial charge in [-0.2, -0.15) is 0 Å². The van der Waals surface area contributed by atoms with Gasteiger partial charge >= 0.3 is 0 Å². The zero-order valence-electron chi connectivity index (χ0n) is 13.8. The average molecular weight is 353 g/mol. The van der Waals surface area contributed by atoms with E-state index in [-0.39, 0.29) is 29.9 Å². The van der Waals surface area contributed by atoms with Crippen molar-refractivity contribution in [2.75, 3.05) is 13.2 Å². The first kappa shape index (κ1) is 16.5. The fraction of sp³-hybridized carbons (Fsp3) is 0.200.